The first-order chi connectivity index (χ1) is 12.5. The summed E-state index contributed by atoms with van der Waals surface area (Å²) in [5.41, 5.74) is 0.176. The number of unbranched alkanes of at least 4 members (excludes halogenated alkanes) is 12. The van der Waals surface area contributed by atoms with E-state index in [0.717, 1.165) is 6.42 Å². The molecule has 26 heavy (non-hydrogen) atoms. The van der Waals surface area contributed by atoms with Crippen molar-refractivity contribution in [2.24, 2.45) is 0 Å². The summed E-state index contributed by atoms with van der Waals surface area (Å²) in [5.74, 6) is -1.24. The van der Waals surface area contributed by atoms with E-state index >= 15 is 0 Å². The normalized spacial score (nSPS) is 9.77. The Morgan fingerprint density at radius 2 is 1.19 bits per heavy atom. The first kappa shape index (κ1) is 26.6. The fourth-order valence-electron chi connectivity index (χ4n) is 2.35. The minimum absolute atomic E-state index is 0.176. The van der Waals surface area contributed by atoms with Gasteiger partial charge in [0.25, 0.3) is 0 Å². The number of carboxylic acid groups (broad SMARTS) is 1. The van der Waals surface area contributed by atoms with Gasteiger partial charge in [-0.25, -0.2) is 9.59 Å². The van der Waals surface area contributed by atoms with E-state index in [9.17, 15) is 9.59 Å². The first-order valence-electron chi connectivity index (χ1n) is 10.1. The van der Waals surface area contributed by atoms with E-state index in [1.165, 1.54) is 90.0 Å². The van der Waals surface area contributed by atoms with Crippen LogP contribution < -0.4 is 0 Å². The highest BCUT2D eigenvalue weighted by atomic mass is 16.5. The third kappa shape index (κ3) is 24.7. The van der Waals surface area contributed by atoms with Gasteiger partial charge in [-0.1, -0.05) is 97.1 Å². The minimum Gasteiger partial charge on any atom is -0.478 e. The monoisotopic (exact) mass is 368 g/mol. The predicted octanol–water partition coefficient (Wildman–Crippen LogP) is 6.45. The molecule has 0 heterocycles. The Kier molecular flexibility index (Phi) is 22.0. The molecular weight excluding hydrogens is 328 g/mol. The van der Waals surface area contributed by atoms with Crippen LogP contribution >= 0.6 is 0 Å². The molecule has 0 spiro atoms. The second kappa shape index (κ2) is 21.5. The Morgan fingerprint density at radius 3 is 1.50 bits per heavy atom. The van der Waals surface area contributed by atoms with Crippen LogP contribution in [0.3, 0.4) is 0 Å². The van der Waals surface area contributed by atoms with Crippen LogP contribution in [0.15, 0.2) is 24.8 Å². The summed E-state index contributed by atoms with van der Waals surface area (Å²) < 4.78 is 4.93. The lowest BCUT2D eigenvalue weighted by molar-refractivity contribution is -0.138. The average molecular weight is 369 g/mol. The number of aliphatic carboxylic acids is 1. The largest absolute Gasteiger partial charge is 0.478 e. The molecule has 0 bridgehead atoms. The van der Waals surface area contributed by atoms with E-state index in [1.54, 1.807) is 0 Å². The van der Waals surface area contributed by atoms with E-state index < -0.39 is 5.97 Å². The van der Waals surface area contributed by atoms with Gasteiger partial charge in [-0.3, -0.25) is 0 Å². The summed E-state index contributed by atoms with van der Waals surface area (Å²) in [6.45, 7) is 10.8. The molecule has 0 saturated heterocycles. The topological polar surface area (TPSA) is 63.6 Å². The fraction of sp³-hybridized carbons (Fsp3) is 0.727. The summed E-state index contributed by atoms with van der Waals surface area (Å²) in [6, 6.07) is 0. The van der Waals surface area contributed by atoms with Gasteiger partial charge in [-0.05, 0) is 13.3 Å². The van der Waals surface area contributed by atoms with Crippen molar-refractivity contribution in [3.8, 4) is 0 Å². The molecule has 0 aromatic heterocycles. The molecule has 4 nitrogen and oxygen atoms in total. The van der Waals surface area contributed by atoms with Crippen LogP contribution in [0.1, 0.15) is 97.3 Å². The Balaban J connectivity index is 0. The van der Waals surface area contributed by atoms with Crippen molar-refractivity contribution in [2.45, 2.75) is 97.3 Å². The zero-order valence-electron chi connectivity index (χ0n) is 17.1. The lowest BCUT2D eigenvalue weighted by Crippen LogP contribution is -2.01. The molecule has 0 radical (unpaired) electrons. The Bertz CT molecular complexity index is 362. The van der Waals surface area contributed by atoms with Gasteiger partial charge in [0.05, 0.1) is 6.61 Å². The van der Waals surface area contributed by atoms with Gasteiger partial charge < -0.3 is 9.84 Å². The van der Waals surface area contributed by atoms with Crippen LogP contribution in [0.4, 0.5) is 0 Å². The molecule has 152 valence electrons. The maximum Gasteiger partial charge on any atom is 0.330 e. The summed E-state index contributed by atoms with van der Waals surface area (Å²) in [4.78, 5) is 20.4. The summed E-state index contributed by atoms with van der Waals surface area (Å²) >= 11 is 0. The Morgan fingerprint density at radius 1 is 0.846 bits per heavy atom. The van der Waals surface area contributed by atoms with Crippen molar-refractivity contribution >= 4 is 11.9 Å². The molecule has 4 heteroatoms. The van der Waals surface area contributed by atoms with E-state index in [2.05, 4.69) is 20.1 Å². The molecule has 0 atom stereocenters. The number of esters is 1. The molecule has 0 amide bonds. The summed E-state index contributed by atoms with van der Waals surface area (Å²) in [5, 5.41) is 7.89. The van der Waals surface area contributed by atoms with Crippen molar-refractivity contribution in [1.29, 1.82) is 0 Å². The number of ether oxygens (including phenoxy) is 1. The van der Waals surface area contributed by atoms with Crippen LogP contribution in [-0.2, 0) is 14.3 Å². The molecule has 0 unspecified atom stereocenters. The molecule has 0 aliphatic rings. The lowest BCUT2D eigenvalue weighted by atomic mass is 10.0. The van der Waals surface area contributed by atoms with Crippen LogP contribution in [0.2, 0.25) is 0 Å². The van der Waals surface area contributed by atoms with Crippen LogP contribution in [0.5, 0.6) is 0 Å². The molecule has 0 aliphatic carbocycles. The number of hydrogen-bond donors (Lipinski definition) is 1. The standard InChI is InChI=1S/C18H34O2.C4H6O2/c1-3-5-6-7-8-9-10-11-12-13-14-15-16-17-20-18(19)4-2;1-3(2)4(5)6/h4H,2-3,5-17H2,1H3;1H2,2H3,(H,5,6). The van der Waals surface area contributed by atoms with Crippen LogP contribution in [0, 0.1) is 0 Å². The number of carboxylic acids is 1. The first-order valence-corrected chi connectivity index (χ1v) is 10.1. The van der Waals surface area contributed by atoms with Crippen molar-refractivity contribution < 1.29 is 19.4 Å². The molecule has 0 saturated carbocycles. The van der Waals surface area contributed by atoms with Crippen molar-refractivity contribution in [3.05, 3.63) is 24.8 Å². The summed E-state index contributed by atoms with van der Waals surface area (Å²) in [6.07, 6.45) is 18.6. The Hall–Kier alpha value is -1.58. The molecule has 0 aliphatic heterocycles. The van der Waals surface area contributed by atoms with Gasteiger partial charge in [0.2, 0.25) is 0 Å². The van der Waals surface area contributed by atoms with E-state index in [4.69, 9.17) is 9.84 Å². The van der Waals surface area contributed by atoms with Crippen molar-refractivity contribution in [1.82, 2.24) is 0 Å². The van der Waals surface area contributed by atoms with Crippen LogP contribution in [-0.4, -0.2) is 23.7 Å². The van der Waals surface area contributed by atoms with Crippen LogP contribution in [0.25, 0.3) is 0 Å². The van der Waals surface area contributed by atoms with E-state index in [0.29, 0.717) is 6.61 Å². The molecule has 0 aromatic carbocycles. The van der Waals surface area contributed by atoms with Gasteiger partial charge >= 0.3 is 11.9 Å². The lowest BCUT2D eigenvalue weighted by Gasteiger charge is -2.03. The highest BCUT2D eigenvalue weighted by Crippen LogP contribution is 2.12. The molecule has 0 rings (SSSR count). The van der Waals surface area contributed by atoms with Gasteiger partial charge in [-0.15, -0.1) is 0 Å². The quantitative estimate of drug-likeness (QED) is 0.193. The smallest absolute Gasteiger partial charge is 0.330 e. The van der Waals surface area contributed by atoms with E-state index in [-0.39, 0.29) is 11.5 Å². The van der Waals surface area contributed by atoms with Crippen molar-refractivity contribution in [3.63, 3.8) is 0 Å². The molecule has 0 fully saturated rings. The molecule has 0 aromatic rings. The number of carbonyl (C=O) groups excluding carboxylic acids is 1. The third-order valence-corrected chi connectivity index (χ3v) is 4.02. The second-order valence-electron chi connectivity index (χ2n) is 6.70. The predicted molar refractivity (Wildman–Crippen MR) is 109 cm³/mol. The number of rotatable bonds is 16. The molecule has 1 N–H and O–H groups in total. The maximum absolute atomic E-state index is 10.8. The minimum atomic E-state index is -0.935. The van der Waals surface area contributed by atoms with E-state index in [1.807, 2.05) is 0 Å². The number of hydrogen-bond acceptors (Lipinski definition) is 3. The van der Waals surface area contributed by atoms with Gasteiger partial charge in [-0.2, -0.15) is 0 Å². The summed E-state index contributed by atoms with van der Waals surface area (Å²) in [7, 11) is 0. The highest BCUT2D eigenvalue weighted by Gasteiger charge is 1.96. The second-order valence-corrected chi connectivity index (χ2v) is 6.70. The Labute approximate surface area is 160 Å². The van der Waals surface area contributed by atoms with Gasteiger partial charge in [0.15, 0.2) is 0 Å². The zero-order chi connectivity index (χ0) is 20.0. The number of carbonyl (C=O) groups is 2. The maximum atomic E-state index is 10.8. The van der Waals surface area contributed by atoms with Crippen molar-refractivity contribution in [2.75, 3.05) is 6.61 Å². The fourth-order valence-corrected chi connectivity index (χ4v) is 2.35. The van der Waals surface area contributed by atoms with Gasteiger partial charge in [0.1, 0.15) is 0 Å². The average Bonchev–Trinajstić information content (AvgIpc) is 2.62. The SMILES string of the molecule is C=C(C)C(=O)O.C=CC(=O)OCCCCCCCCCCCCCCC. The third-order valence-electron chi connectivity index (χ3n) is 4.02. The highest BCUT2D eigenvalue weighted by molar-refractivity contribution is 5.84. The zero-order valence-corrected chi connectivity index (χ0v) is 17.1. The molecular formula is C22H40O4. The van der Waals surface area contributed by atoms with Gasteiger partial charge in [0, 0.05) is 11.6 Å².